The van der Waals surface area contributed by atoms with Crippen molar-refractivity contribution in [3.05, 3.63) is 23.8 Å². The predicted molar refractivity (Wildman–Crippen MR) is 99.3 cm³/mol. The van der Waals surface area contributed by atoms with Gasteiger partial charge in [-0.25, -0.2) is 4.79 Å². The van der Waals surface area contributed by atoms with Crippen molar-refractivity contribution < 1.29 is 9.53 Å². The van der Waals surface area contributed by atoms with Gasteiger partial charge in [0.15, 0.2) is 0 Å². The maximum Gasteiger partial charge on any atom is 0.321 e. The molecule has 1 aromatic rings. The number of fused-ring (bicyclic) bond motifs is 3. The van der Waals surface area contributed by atoms with E-state index in [0.29, 0.717) is 18.1 Å². The Hall–Kier alpha value is -1.75. The Morgan fingerprint density at radius 3 is 2.92 bits per heavy atom. The zero-order valence-corrected chi connectivity index (χ0v) is 15.3. The summed E-state index contributed by atoms with van der Waals surface area (Å²) in [5, 5.41) is 3.11. The van der Waals surface area contributed by atoms with Crippen LogP contribution in [0.25, 0.3) is 0 Å². The highest BCUT2D eigenvalue weighted by molar-refractivity contribution is 5.89. The van der Waals surface area contributed by atoms with Crippen LogP contribution in [0, 0.1) is 0 Å². The largest absolute Gasteiger partial charge is 0.493 e. The summed E-state index contributed by atoms with van der Waals surface area (Å²) in [6, 6.07) is 7.74. The molecule has 1 N–H and O–H groups in total. The average molecular weight is 343 g/mol. The molecule has 25 heavy (non-hydrogen) atoms. The Kier molecular flexibility index (Phi) is 4.59. The van der Waals surface area contributed by atoms with Gasteiger partial charge in [0.2, 0.25) is 0 Å². The molecule has 4 rings (SSSR count). The van der Waals surface area contributed by atoms with Crippen molar-refractivity contribution in [1.82, 2.24) is 9.80 Å². The van der Waals surface area contributed by atoms with E-state index in [0.717, 1.165) is 50.4 Å². The number of hydrogen-bond donors (Lipinski definition) is 1. The molecular weight excluding hydrogens is 314 g/mol. The minimum absolute atomic E-state index is 0.0351. The summed E-state index contributed by atoms with van der Waals surface area (Å²) in [6.07, 6.45) is 5.65. The van der Waals surface area contributed by atoms with Gasteiger partial charge < -0.3 is 15.0 Å². The Morgan fingerprint density at radius 2 is 2.08 bits per heavy atom. The highest BCUT2D eigenvalue weighted by Gasteiger charge is 2.39. The second-order valence-electron chi connectivity index (χ2n) is 7.87. The van der Waals surface area contributed by atoms with Crippen molar-refractivity contribution in [3.63, 3.8) is 0 Å². The maximum absolute atomic E-state index is 12.8. The highest BCUT2D eigenvalue weighted by atomic mass is 16.5. The van der Waals surface area contributed by atoms with Crippen LogP contribution in [0.3, 0.4) is 0 Å². The van der Waals surface area contributed by atoms with E-state index in [1.165, 1.54) is 18.4 Å². The quantitative estimate of drug-likeness (QED) is 0.894. The molecule has 0 aromatic heterocycles. The van der Waals surface area contributed by atoms with Crippen molar-refractivity contribution in [1.29, 1.82) is 0 Å². The van der Waals surface area contributed by atoms with Gasteiger partial charge in [0.05, 0.1) is 6.61 Å². The molecule has 3 aliphatic heterocycles. The van der Waals surface area contributed by atoms with E-state index in [9.17, 15) is 4.79 Å². The molecule has 2 amide bonds. The summed E-state index contributed by atoms with van der Waals surface area (Å²) < 4.78 is 5.66. The lowest BCUT2D eigenvalue weighted by atomic mass is 10.1. The van der Waals surface area contributed by atoms with Crippen LogP contribution in [0.15, 0.2) is 18.2 Å². The second-order valence-corrected chi connectivity index (χ2v) is 7.87. The van der Waals surface area contributed by atoms with Crippen LogP contribution in [0.1, 0.15) is 45.1 Å². The Bertz CT molecular complexity index is 646. The van der Waals surface area contributed by atoms with E-state index >= 15 is 0 Å². The topological polar surface area (TPSA) is 44.8 Å². The zero-order chi connectivity index (χ0) is 17.4. The summed E-state index contributed by atoms with van der Waals surface area (Å²) in [4.78, 5) is 17.4. The van der Waals surface area contributed by atoms with Crippen LogP contribution in [0.5, 0.6) is 5.75 Å². The third-order valence-corrected chi connectivity index (χ3v) is 5.88. The molecule has 2 unspecified atom stereocenters. The highest BCUT2D eigenvalue weighted by Crippen LogP contribution is 2.32. The van der Waals surface area contributed by atoms with Crippen molar-refractivity contribution in [2.75, 3.05) is 25.0 Å². The second kappa shape index (κ2) is 6.87. The summed E-state index contributed by atoms with van der Waals surface area (Å²) in [5.74, 6) is 0.962. The van der Waals surface area contributed by atoms with Crippen molar-refractivity contribution in [2.24, 2.45) is 0 Å². The lowest BCUT2D eigenvalue weighted by molar-refractivity contribution is 0.149. The third-order valence-electron chi connectivity index (χ3n) is 5.88. The summed E-state index contributed by atoms with van der Waals surface area (Å²) in [7, 11) is 0. The molecule has 5 heteroatoms. The summed E-state index contributed by atoms with van der Waals surface area (Å²) in [5.41, 5.74) is 2.08. The van der Waals surface area contributed by atoms with Crippen LogP contribution in [0.2, 0.25) is 0 Å². The lowest BCUT2D eigenvalue weighted by Gasteiger charge is -2.32. The van der Waals surface area contributed by atoms with Gasteiger partial charge in [-0.1, -0.05) is 0 Å². The number of nitrogens with one attached hydrogen (secondary N) is 1. The number of ether oxygens (including phenoxy) is 1. The zero-order valence-electron chi connectivity index (χ0n) is 15.3. The molecule has 2 bridgehead atoms. The van der Waals surface area contributed by atoms with Crippen molar-refractivity contribution in [2.45, 2.75) is 64.1 Å². The number of aryl methyl sites for hydroxylation is 1. The molecule has 0 aliphatic carbocycles. The molecule has 136 valence electrons. The summed E-state index contributed by atoms with van der Waals surface area (Å²) in [6.45, 7) is 7.03. The van der Waals surface area contributed by atoms with Crippen molar-refractivity contribution >= 4 is 11.7 Å². The molecule has 5 nitrogen and oxygen atoms in total. The number of carbonyl (C=O) groups is 1. The monoisotopic (exact) mass is 343 g/mol. The maximum atomic E-state index is 12.8. The number of carbonyl (C=O) groups excluding carboxylic acids is 1. The van der Waals surface area contributed by atoms with Gasteiger partial charge in [-0.2, -0.15) is 0 Å². The number of likely N-dealkylation sites (tertiary alicyclic amines) is 1. The fourth-order valence-electron chi connectivity index (χ4n) is 4.78. The number of hydrogen-bond acceptors (Lipinski definition) is 3. The summed E-state index contributed by atoms with van der Waals surface area (Å²) >= 11 is 0. The number of benzene rings is 1. The Morgan fingerprint density at radius 1 is 1.24 bits per heavy atom. The normalized spacial score (nSPS) is 26.1. The van der Waals surface area contributed by atoms with Gasteiger partial charge in [-0.3, -0.25) is 4.90 Å². The minimum atomic E-state index is 0.0351. The Balaban J connectivity index is 1.43. The van der Waals surface area contributed by atoms with E-state index in [2.05, 4.69) is 30.1 Å². The van der Waals surface area contributed by atoms with Gasteiger partial charge in [0.1, 0.15) is 5.75 Å². The first-order valence-corrected chi connectivity index (χ1v) is 9.71. The molecule has 2 fully saturated rings. The van der Waals surface area contributed by atoms with E-state index in [4.69, 9.17) is 4.74 Å². The molecular formula is C20H29N3O2. The standard InChI is InChI=1S/C20H29N3O2/c1-14(2)23-17-6-7-18(23)13-22(10-9-17)20(24)21-16-5-8-19-15(12-16)4-3-11-25-19/h5,8,12,14,17-18H,3-4,6-7,9-11,13H2,1-2H3,(H,21,24). The fraction of sp³-hybridized carbons (Fsp3) is 0.650. The first kappa shape index (κ1) is 16.7. The Labute approximate surface area is 150 Å². The first-order chi connectivity index (χ1) is 12.1. The number of amides is 2. The molecule has 0 spiro atoms. The van der Waals surface area contributed by atoms with Crippen LogP contribution < -0.4 is 10.1 Å². The van der Waals surface area contributed by atoms with Crippen LogP contribution in [-0.2, 0) is 6.42 Å². The predicted octanol–water partition coefficient (Wildman–Crippen LogP) is 3.49. The molecule has 0 radical (unpaired) electrons. The molecule has 3 heterocycles. The number of anilines is 1. The molecule has 3 aliphatic rings. The van der Waals surface area contributed by atoms with Crippen LogP contribution in [-0.4, -0.2) is 53.7 Å². The lowest BCUT2D eigenvalue weighted by Crippen LogP contribution is -2.45. The van der Waals surface area contributed by atoms with Crippen molar-refractivity contribution in [3.8, 4) is 5.75 Å². The first-order valence-electron chi connectivity index (χ1n) is 9.71. The molecule has 2 atom stereocenters. The number of urea groups is 1. The molecule has 2 saturated heterocycles. The van der Waals surface area contributed by atoms with Crippen LogP contribution in [0.4, 0.5) is 10.5 Å². The van der Waals surface area contributed by atoms with E-state index in [-0.39, 0.29) is 6.03 Å². The van der Waals surface area contributed by atoms with Gasteiger partial charge in [0.25, 0.3) is 0 Å². The van der Waals surface area contributed by atoms with Crippen LogP contribution >= 0.6 is 0 Å². The fourth-order valence-corrected chi connectivity index (χ4v) is 4.78. The van der Waals surface area contributed by atoms with Gasteiger partial charge in [0, 0.05) is 36.9 Å². The number of nitrogens with zero attached hydrogens (tertiary/aromatic N) is 2. The SMILES string of the molecule is CC(C)N1C2CCC1CN(C(=O)Nc1ccc3c(c1)CCCO3)CC2. The van der Waals surface area contributed by atoms with E-state index in [1.807, 2.05) is 17.0 Å². The average Bonchev–Trinajstić information content (AvgIpc) is 2.89. The minimum Gasteiger partial charge on any atom is -0.493 e. The third kappa shape index (κ3) is 3.34. The van der Waals surface area contributed by atoms with E-state index in [1.54, 1.807) is 0 Å². The van der Waals surface area contributed by atoms with Gasteiger partial charge in [-0.05, 0) is 69.7 Å². The van der Waals surface area contributed by atoms with Gasteiger partial charge >= 0.3 is 6.03 Å². The van der Waals surface area contributed by atoms with E-state index < -0.39 is 0 Å². The van der Waals surface area contributed by atoms with Gasteiger partial charge in [-0.15, -0.1) is 0 Å². The molecule has 1 aromatic carbocycles. The molecule has 0 saturated carbocycles. The smallest absolute Gasteiger partial charge is 0.321 e. The number of rotatable bonds is 2.